The molecule has 0 N–H and O–H groups in total. The largest absolute Gasteiger partial charge is 0.339 e. The second kappa shape index (κ2) is 6.99. The number of amides is 2. The van der Waals surface area contributed by atoms with E-state index in [4.69, 9.17) is 11.6 Å². The first-order chi connectivity index (χ1) is 9.63. The Morgan fingerprint density at radius 3 is 2.30 bits per heavy atom. The quantitative estimate of drug-likeness (QED) is 0.684. The van der Waals surface area contributed by atoms with Crippen LogP contribution in [0.4, 0.5) is 0 Å². The molecule has 4 nitrogen and oxygen atoms in total. The van der Waals surface area contributed by atoms with Gasteiger partial charge in [0.05, 0.1) is 5.56 Å². The van der Waals surface area contributed by atoms with Crippen molar-refractivity contribution in [3.63, 3.8) is 0 Å². The third kappa shape index (κ3) is 3.46. The number of hydrogen-bond acceptors (Lipinski definition) is 3. The summed E-state index contributed by atoms with van der Waals surface area (Å²) in [5.74, 6) is 0.368. The van der Waals surface area contributed by atoms with Crippen LogP contribution in [0.3, 0.4) is 0 Å². The molecule has 1 saturated heterocycles. The summed E-state index contributed by atoms with van der Waals surface area (Å²) in [6, 6.07) is 7.25. The van der Waals surface area contributed by atoms with Gasteiger partial charge in [-0.1, -0.05) is 12.1 Å². The third-order valence-electron chi connectivity index (χ3n) is 3.36. The van der Waals surface area contributed by atoms with Crippen molar-refractivity contribution in [2.24, 2.45) is 0 Å². The van der Waals surface area contributed by atoms with E-state index < -0.39 is 0 Å². The highest BCUT2D eigenvalue weighted by atomic mass is 35.5. The molecule has 1 fully saturated rings. The molecule has 0 spiro atoms. The number of carbonyl (C=O) groups is 2. The van der Waals surface area contributed by atoms with Crippen molar-refractivity contribution in [3.05, 3.63) is 29.8 Å². The number of alkyl halides is 1. The van der Waals surface area contributed by atoms with E-state index in [2.05, 4.69) is 12.6 Å². The molecule has 108 valence electrons. The van der Waals surface area contributed by atoms with Crippen LogP contribution in [0, 0.1) is 0 Å². The molecule has 6 heteroatoms. The lowest BCUT2D eigenvalue weighted by molar-refractivity contribution is -0.132. The van der Waals surface area contributed by atoms with E-state index in [0.717, 1.165) is 0 Å². The number of piperazine rings is 1. The Bertz CT molecular complexity index is 502. The van der Waals surface area contributed by atoms with Crippen LogP contribution in [0.2, 0.25) is 0 Å². The molecular weight excluding hydrogens is 296 g/mol. The molecule has 1 aliphatic rings. The first-order valence-corrected chi connectivity index (χ1v) is 7.52. The minimum Gasteiger partial charge on any atom is -0.339 e. The SMILES string of the molecule is O=C(CCCl)N1CCN(C(=O)c2ccccc2S)CC1. The Balaban J connectivity index is 1.96. The second-order valence-electron chi connectivity index (χ2n) is 4.63. The second-order valence-corrected chi connectivity index (χ2v) is 5.49. The van der Waals surface area contributed by atoms with Crippen molar-refractivity contribution in [2.75, 3.05) is 32.1 Å². The van der Waals surface area contributed by atoms with Crippen molar-refractivity contribution in [1.29, 1.82) is 0 Å². The van der Waals surface area contributed by atoms with Gasteiger partial charge in [-0.25, -0.2) is 0 Å². The lowest BCUT2D eigenvalue weighted by Crippen LogP contribution is -2.50. The van der Waals surface area contributed by atoms with Crippen molar-refractivity contribution >= 4 is 36.0 Å². The highest BCUT2D eigenvalue weighted by Crippen LogP contribution is 2.16. The standard InChI is InChI=1S/C14H17ClN2O2S/c15-6-5-13(18)16-7-9-17(10-8-16)14(19)11-3-1-2-4-12(11)20/h1-4,20H,5-10H2. The first-order valence-electron chi connectivity index (χ1n) is 6.54. The zero-order chi connectivity index (χ0) is 14.5. The van der Waals surface area contributed by atoms with Gasteiger partial charge in [0.15, 0.2) is 0 Å². The highest BCUT2D eigenvalue weighted by molar-refractivity contribution is 7.80. The summed E-state index contributed by atoms with van der Waals surface area (Å²) in [7, 11) is 0. The maximum absolute atomic E-state index is 12.4. The average molecular weight is 313 g/mol. The summed E-state index contributed by atoms with van der Waals surface area (Å²) in [5.41, 5.74) is 0.608. The predicted octanol–water partition coefficient (Wildman–Crippen LogP) is 1.89. The number of halogens is 1. The zero-order valence-corrected chi connectivity index (χ0v) is 12.7. The van der Waals surface area contributed by atoms with Crippen LogP contribution in [0.25, 0.3) is 0 Å². The Morgan fingerprint density at radius 2 is 1.70 bits per heavy atom. The Hall–Kier alpha value is -1.20. The topological polar surface area (TPSA) is 40.6 Å². The Morgan fingerprint density at radius 1 is 1.10 bits per heavy atom. The molecule has 0 saturated carbocycles. The van der Waals surface area contributed by atoms with Gasteiger partial charge in [0.2, 0.25) is 5.91 Å². The fraction of sp³-hybridized carbons (Fsp3) is 0.429. The van der Waals surface area contributed by atoms with E-state index in [9.17, 15) is 9.59 Å². The Labute approximate surface area is 129 Å². The van der Waals surface area contributed by atoms with Gasteiger partial charge in [-0.2, -0.15) is 0 Å². The molecule has 0 radical (unpaired) electrons. The molecule has 0 bridgehead atoms. The van der Waals surface area contributed by atoms with E-state index in [-0.39, 0.29) is 11.8 Å². The average Bonchev–Trinajstić information content (AvgIpc) is 2.47. The molecular formula is C14H17ClN2O2S. The highest BCUT2D eigenvalue weighted by Gasteiger charge is 2.25. The molecule has 0 atom stereocenters. The van der Waals surface area contributed by atoms with Crippen LogP contribution in [-0.2, 0) is 4.79 Å². The van der Waals surface area contributed by atoms with Crippen LogP contribution in [0.5, 0.6) is 0 Å². The molecule has 2 rings (SSSR count). The Kier molecular flexibility index (Phi) is 5.31. The van der Waals surface area contributed by atoms with Gasteiger partial charge < -0.3 is 9.80 Å². The number of nitrogens with zero attached hydrogens (tertiary/aromatic N) is 2. The van der Waals surface area contributed by atoms with Gasteiger partial charge in [0.25, 0.3) is 5.91 Å². The lowest BCUT2D eigenvalue weighted by Gasteiger charge is -2.35. The molecule has 0 aliphatic carbocycles. The third-order valence-corrected chi connectivity index (χ3v) is 3.94. The molecule has 0 unspecified atom stereocenters. The van der Waals surface area contributed by atoms with Crippen LogP contribution in [0.1, 0.15) is 16.8 Å². The summed E-state index contributed by atoms with van der Waals surface area (Å²) in [6.07, 6.45) is 0.356. The van der Waals surface area contributed by atoms with Gasteiger partial charge in [-0.05, 0) is 12.1 Å². The van der Waals surface area contributed by atoms with Crippen molar-refractivity contribution in [1.82, 2.24) is 9.80 Å². The fourth-order valence-corrected chi connectivity index (χ4v) is 2.64. The van der Waals surface area contributed by atoms with E-state index in [1.807, 2.05) is 12.1 Å². The van der Waals surface area contributed by atoms with Gasteiger partial charge >= 0.3 is 0 Å². The summed E-state index contributed by atoms with van der Waals surface area (Å²) in [6.45, 7) is 2.23. The fourth-order valence-electron chi connectivity index (χ4n) is 2.22. The maximum atomic E-state index is 12.4. The molecule has 0 aromatic heterocycles. The smallest absolute Gasteiger partial charge is 0.255 e. The minimum atomic E-state index is -0.0277. The van der Waals surface area contributed by atoms with Crippen LogP contribution >= 0.6 is 24.2 Å². The monoisotopic (exact) mass is 312 g/mol. The van der Waals surface area contributed by atoms with E-state index in [1.54, 1.807) is 21.9 Å². The summed E-state index contributed by atoms with van der Waals surface area (Å²) in [5, 5.41) is 0. The molecule has 20 heavy (non-hydrogen) atoms. The van der Waals surface area contributed by atoms with Crippen LogP contribution in [-0.4, -0.2) is 53.7 Å². The maximum Gasteiger partial charge on any atom is 0.255 e. The van der Waals surface area contributed by atoms with Crippen molar-refractivity contribution < 1.29 is 9.59 Å². The molecule has 1 aromatic rings. The minimum absolute atomic E-state index is 0.0277. The lowest BCUT2D eigenvalue weighted by atomic mass is 10.1. The molecule has 1 heterocycles. The van der Waals surface area contributed by atoms with E-state index >= 15 is 0 Å². The van der Waals surface area contributed by atoms with Crippen LogP contribution < -0.4 is 0 Å². The number of rotatable bonds is 3. The van der Waals surface area contributed by atoms with E-state index in [0.29, 0.717) is 48.9 Å². The summed E-state index contributed by atoms with van der Waals surface area (Å²) >= 11 is 9.88. The van der Waals surface area contributed by atoms with Crippen molar-refractivity contribution in [2.45, 2.75) is 11.3 Å². The number of benzene rings is 1. The molecule has 1 aliphatic heterocycles. The van der Waals surface area contributed by atoms with E-state index in [1.165, 1.54) is 0 Å². The van der Waals surface area contributed by atoms with Gasteiger partial charge in [0.1, 0.15) is 0 Å². The number of thiol groups is 1. The number of carbonyl (C=O) groups excluding carboxylic acids is 2. The normalized spacial score (nSPS) is 15.3. The zero-order valence-electron chi connectivity index (χ0n) is 11.1. The van der Waals surface area contributed by atoms with Gasteiger partial charge in [-0.15, -0.1) is 24.2 Å². The summed E-state index contributed by atoms with van der Waals surface area (Å²) in [4.78, 5) is 28.3. The van der Waals surface area contributed by atoms with Gasteiger partial charge in [-0.3, -0.25) is 9.59 Å². The van der Waals surface area contributed by atoms with Crippen molar-refractivity contribution in [3.8, 4) is 0 Å². The first kappa shape index (κ1) is 15.2. The van der Waals surface area contributed by atoms with Gasteiger partial charge in [0, 0.05) is 43.4 Å². The molecule has 2 amide bonds. The number of hydrogen-bond donors (Lipinski definition) is 1. The van der Waals surface area contributed by atoms with Crippen LogP contribution in [0.15, 0.2) is 29.2 Å². The predicted molar refractivity (Wildman–Crippen MR) is 81.5 cm³/mol. The molecule has 1 aromatic carbocycles. The summed E-state index contributed by atoms with van der Waals surface area (Å²) < 4.78 is 0.